The van der Waals surface area contributed by atoms with Gasteiger partial charge in [0.1, 0.15) is 0 Å². The fourth-order valence-electron chi connectivity index (χ4n) is 2.21. The van der Waals surface area contributed by atoms with Crippen LogP contribution in [-0.4, -0.2) is 24.3 Å². The molecule has 0 fully saturated rings. The summed E-state index contributed by atoms with van der Waals surface area (Å²) in [5.41, 5.74) is 1.17. The maximum atomic E-state index is 12.3. The van der Waals surface area contributed by atoms with E-state index < -0.39 is 10.0 Å². The average Bonchev–Trinajstić information content (AvgIpc) is 2.68. The van der Waals surface area contributed by atoms with Gasteiger partial charge < -0.3 is 5.32 Å². The minimum absolute atomic E-state index is 0.0181. The second-order valence-electron chi connectivity index (χ2n) is 5.55. The summed E-state index contributed by atoms with van der Waals surface area (Å²) in [5, 5.41) is 3.19. The van der Waals surface area contributed by atoms with E-state index in [9.17, 15) is 13.2 Å². The van der Waals surface area contributed by atoms with Gasteiger partial charge in [0.05, 0.1) is 4.90 Å². The zero-order valence-electron chi connectivity index (χ0n) is 14.4. The van der Waals surface area contributed by atoms with Gasteiger partial charge in [0.2, 0.25) is 11.9 Å². The topological polar surface area (TPSA) is 101 Å². The van der Waals surface area contributed by atoms with Gasteiger partial charge in [-0.15, -0.1) is 0 Å². The van der Waals surface area contributed by atoms with Crippen molar-refractivity contribution in [3.05, 3.63) is 83.7 Å². The van der Waals surface area contributed by atoms with E-state index in [0.717, 1.165) is 5.56 Å². The van der Waals surface area contributed by atoms with Crippen LogP contribution in [0.4, 0.5) is 11.6 Å². The molecule has 0 aliphatic heterocycles. The summed E-state index contributed by atoms with van der Waals surface area (Å²) in [7, 11) is -3.83. The summed E-state index contributed by atoms with van der Waals surface area (Å²) in [5.74, 6) is -0.393. The Morgan fingerprint density at radius 3 is 2.32 bits per heavy atom. The zero-order chi connectivity index (χ0) is 20.0. The van der Waals surface area contributed by atoms with E-state index in [1.54, 1.807) is 30.3 Å². The number of hydrogen-bond donors (Lipinski definition) is 2. The van der Waals surface area contributed by atoms with Crippen LogP contribution in [0.2, 0.25) is 5.02 Å². The van der Waals surface area contributed by atoms with Gasteiger partial charge in [-0.3, -0.25) is 4.79 Å². The van der Waals surface area contributed by atoms with E-state index in [2.05, 4.69) is 20.0 Å². The maximum Gasteiger partial charge on any atom is 0.264 e. The highest BCUT2D eigenvalue weighted by atomic mass is 35.5. The van der Waals surface area contributed by atoms with Gasteiger partial charge >= 0.3 is 0 Å². The van der Waals surface area contributed by atoms with Crippen molar-refractivity contribution in [1.82, 2.24) is 9.97 Å². The van der Waals surface area contributed by atoms with E-state index in [1.807, 2.05) is 6.07 Å². The van der Waals surface area contributed by atoms with E-state index in [1.165, 1.54) is 42.7 Å². The monoisotopic (exact) mass is 414 g/mol. The third-order valence-corrected chi connectivity index (χ3v) is 5.23. The van der Waals surface area contributed by atoms with E-state index in [4.69, 9.17) is 11.6 Å². The highest BCUT2D eigenvalue weighted by Crippen LogP contribution is 2.18. The molecule has 1 aromatic heterocycles. The first-order valence-corrected chi connectivity index (χ1v) is 9.94. The van der Waals surface area contributed by atoms with E-state index in [-0.39, 0.29) is 16.8 Å². The average molecular weight is 415 g/mol. The quantitative estimate of drug-likeness (QED) is 0.600. The second kappa shape index (κ2) is 8.64. The molecule has 2 N–H and O–H groups in total. The molecule has 1 amide bonds. The standard InChI is InChI=1S/C19H15ClN4O3S/c20-17-5-2-1-4-14(17)6-11-18(25)23-15-7-9-16(10-8-15)28(26,27)24-19-21-12-3-13-22-19/h1-13H,(H,23,25)(H,21,22,24). The number of nitrogens with zero attached hydrogens (tertiary/aromatic N) is 2. The maximum absolute atomic E-state index is 12.3. The highest BCUT2D eigenvalue weighted by Gasteiger charge is 2.15. The van der Waals surface area contributed by atoms with Crippen LogP contribution < -0.4 is 10.0 Å². The molecule has 0 unspecified atom stereocenters. The molecule has 7 nitrogen and oxygen atoms in total. The van der Waals surface area contributed by atoms with Gasteiger partial charge in [0.15, 0.2) is 0 Å². The molecular weight excluding hydrogens is 400 g/mol. The molecule has 9 heteroatoms. The lowest BCUT2D eigenvalue weighted by Crippen LogP contribution is -2.15. The van der Waals surface area contributed by atoms with Crippen molar-refractivity contribution in [2.45, 2.75) is 4.90 Å². The molecule has 3 rings (SSSR count). The van der Waals surface area contributed by atoms with Crippen molar-refractivity contribution in [1.29, 1.82) is 0 Å². The molecule has 3 aromatic rings. The predicted octanol–water partition coefficient (Wildman–Crippen LogP) is 3.58. The third kappa shape index (κ3) is 5.15. The number of carbonyl (C=O) groups excluding carboxylic acids is 1. The number of sulfonamides is 1. The lowest BCUT2D eigenvalue weighted by atomic mass is 10.2. The Bertz CT molecular complexity index is 1100. The first-order chi connectivity index (χ1) is 13.4. The molecular formula is C19H15ClN4O3S. The number of halogens is 1. The molecule has 2 aromatic carbocycles. The molecule has 0 aliphatic rings. The summed E-state index contributed by atoms with van der Waals surface area (Å²) >= 11 is 6.03. The first kappa shape index (κ1) is 19.5. The molecule has 0 atom stereocenters. The molecule has 28 heavy (non-hydrogen) atoms. The smallest absolute Gasteiger partial charge is 0.264 e. The lowest BCUT2D eigenvalue weighted by molar-refractivity contribution is -0.111. The number of benzene rings is 2. The largest absolute Gasteiger partial charge is 0.323 e. The number of rotatable bonds is 6. The summed E-state index contributed by atoms with van der Waals surface area (Å²) in [4.78, 5) is 19.7. The lowest BCUT2D eigenvalue weighted by Gasteiger charge is -2.07. The van der Waals surface area contributed by atoms with Crippen LogP contribution in [0.5, 0.6) is 0 Å². The van der Waals surface area contributed by atoms with Crippen molar-refractivity contribution in [3.63, 3.8) is 0 Å². The Morgan fingerprint density at radius 1 is 0.964 bits per heavy atom. The van der Waals surface area contributed by atoms with Crippen molar-refractivity contribution < 1.29 is 13.2 Å². The number of amides is 1. The van der Waals surface area contributed by atoms with E-state index in [0.29, 0.717) is 10.7 Å². The van der Waals surface area contributed by atoms with Crippen LogP contribution in [0.15, 0.2) is 78.0 Å². The van der Waals surface area contributed by atoms with Crippen molar-refractivity contribution in [3.8, 4) is 0 Å². The molecule has 0 saturated carbocycles. The van der Waals surface area contributed by atoms with E-state index >= 15 is 0 Å². The number of hydrogen-bond acceptors (Lipinski definition) is 5. The van der Waals surface area contributed by atoms with Crippen LogP contribution >= 0.6 is 11.6 Å². The summed E-state index contributed by atoms with van der Waals surface area (Å²) < 4.78 is 26.9. The van der Waals surface area contributed by atoms with Crippen LogP contribution in [0, 0.1) is 0 Å². The molecule has 1 heterocycles. The molecule has 142 valence electrons. The Labute approximate surface area is 167 Å². The summed E-state index contributed by atoms with van der Waals surface area (Å²) in [6.07, 6.45) is 5.81. The molecule has 0 aliphatic carbocycles. The molecule has 0 spiro atoms. The van der Waals surface area contributed by atoms with Gasteiger partial charge in [-0.05, 0) is 48.0 Å². The second-order valence-corrected chi connectivity index (χ2v) is 7.64. The minimum Gasteiger partial charge on any atom is -0.323 e. The molecule has 0 radical (unpaired) electrons. The Hall–Kier alpha value is -3.23. The number of anilines is 2. The van der Waals surface area contributed by atoms with Gasteiger partial charge in [0.25, 0.3) is 10.0 Å². The predicted molar refractivity (Wildman–Crippen MR) is 108 cm³/mol. The van der Waals surface area contributed by atoms with Gasteiger partial charge in [-0.1, -0.05) is 29.8 Å². The fraction of sp³-hybridized carbons (Fsp3) is 0. The molecule has 0 bridgehead atoms. The summed E-state index contributed by atoms with van der Waals surface area (Å²) in [6.45, 7) is 0. The van der Waals surface area contributed by atoms with Gasteiger partial charge in [0, 0.05) is 29.2 Å². The van der Waals surface area contributed by atoms with Gasteiger partial charge in [-0.2, -0.15) is 0 Å². The van der Waals surface area contributed by atoms with Crippen LogP contribution in [0.1, 0.15) is 5.56 Å². The Morgan fingerprint density at radius 2 is 1.64 bits per heavy atom. The first-order valence-electron chi connectivity index (χ1n) is 8.07. The van der Waals surface area contributed by atoms with Crippen LogP contribution in [0.25, 0.3) is 6.08 Å². The van der Waals surface area contributed by atoms with Crippen molar-refractivity contribution in [2.75, 3.05) is 10.0 Å². The van der Waals surface area contributed by atoms with Crippen LogP contribution in [-0.2, 0) is 14.8 Å². The van der Waals surface area contributed by atoms with Crippen molar-refractivity contribution in [2.24, 2.45) is 0 Å². The zero-order valence-corrected chi connectivity index (χ0v) is 16.0. The Balaban J connectivity index is 1.65. The number of carbonyl (C=O) groups is 1. The fourth-order valence-corrected chi connectivity index (χ4v) is 3.36. The molecule has 0 saturated heterocycles. The van der Waals surface area contributed by atoms with Gasteiger partial charge in [-0.25, -0.2) is 23.1 Å². The summed E-state index contributed by atoms with van der Waals surface area (Å²) in [6, 6.07) is 14.4. The third-order valence-electron chi connectivity index (χ3n) is 3.54. The highest BCUT2D eigenvalue weighted by molar-refractivity contribution is 7.92. The SMILES string of the molecule is O=C(C=Cc1ccccc1Cl)Nc1ccc(S(=O)(=O)Nc2ncccn2)cc1. The number of aromatic nitrogens is 2. The Kier molecular flexibility index (Phi) is 6.03. The number of nitrogens with one attached hydrogen (secondary N) is 2. The van der Waals surface area contributed by atoms with Crippen LogP contribution in [0.3, 0.4) is 0 Å². The minimum atomic E-state index is -3.83. The van der Waals surface area contributed by atoms with Crippen molar-refractivity contribution >= 4 is 45.2 Å². The normalized spacial score (nSPS) is 11.3.